The second kappa shape index (κ2) is 9.24. The van der Waals surface area contributed by atoms with Crippen LogP contribution in [0.3, 0.4) is 0 Å². The van der Waals surface area contributed by atoms with Crippen molar-refractivity contribution in [1.29, 1.82) is 0 Å². The number of likely N-dealkylation sites (tertiary alicyclic amines) is 1. The second-order valence-electron chi connectivity index (χ2n) is 8.24. The molecule has 1 saturated heterocycles. The SMILES string of the molecule is CCOC(=O)c1cc(C2CCN(C(=O)OC(C)(C)C)C[C@@H]2CC)ccc1[N+](=O)[O-]. The van der Waals surface area contributed by atoms with Gasteiger partial charge in [-0.05, 0) is 57.6 Å². The summed E-state index contributed by atoms with van der Waals surface area (Å²) < 4.78 is 10.5. The van der Waals surface area contributed by atoms with Gasteiger partial charge >= 0.3 is 12.1 Å². The van der Waals surface area contributed by atoms with Gasteiger partial charge in [-0.3, -0.25) is 10.1 Å². The largest absolute Gasteiger partial charge is 0.462 e. The molecule has 1 amide bonds. The van der Waals surface area contributed by atoms with Crippen LogP contribution in [0, 0.1) is 16.0 Å². The molecule has 8 heteroatoms. The van der Waals surface area contributed by atoms with Crippen LogP contribution in [0.2, 0.25) is 0 Å². The number of hydrogen-bond donors (Lipinski definition) is 0. The Kier molecular flexibility index (Phi) is 7.21. The maximum atomic E-state index is 12.4. The highest BCUT2D eigenvalue weighted by Gasteiger charge is 2.34. The van der Waals surface area contributed by atoms with Crippen molar-refractivity contribution in [3.05, 3.63) is 39.4 Å². The van der Waals surface area contributed by atoms with Gasteiger partial charge in [0.15, 0.2) is 0 Å². The molecule has 1 aliphatic rings. The zero-order valence-corrected chi connectivity index (χ0v) is 17.8. The lowest BCUT2D eigenvalue weighted by atomic mass is 9.78. The van der Waals surface area contributed by atoms with E-state index < -0.39 is 16.5 Å². The molecule has 0 aromatic heterocycles. The molecule has 0 saturated carbocycles. The van der Waals surface area contributed by atoms with Gasteiger partial charge in [0.1, 0.15) is 11.2 Å². The molecular weight excluding hydrogens is 376 g/mol. The van der Waals surface area contributed by atoms with Crippen LogP contribution in [-0.2, 0) is 9.47 Å². The molecule has 0 spiro atoms. The highest BCUT2D eigenvalue weighted by molar-refractivity contribution is 5.94. The molecule has 1 aromatic rings. The Bertz CT molecular complexity index is 771. The van der Waals surface area contributed by atoms with Gasteiger partial charge in [0, 0.05) is 19.2 Å². The molecular formula is C21H30N2O6. The topological polar surface area (TPSA) is 99.0 Å². The van der Waals surface area contributed by atoms with Crippen LogP contribution in [-0.4, -0.2) is 47.2 Å². The molecule has 0 radical (unpaired) electrons. The average Bonchev–Trinajstić information content (AvgIpc) is 2.65. The molecule has 8 nitrogen and oxygen atoms in total. The van der Waals surface area contributed by atoms with Crippen LogP contribution in [0.15, 0.2) is 18.2 Å². The molecule has 1 aromatic carbocycles. The predicted octanol–water partition coefficient (Wildman–Crippen LogP) is 4.52. The number of amides is 1. The highest BCUT2D eigenvalue weighted by atomic mass is 16.6. The zero-order valence-electron chi connectivity index (χ0n) is 17.8. The number of nitro benzene ring substituents is 1. The van der Waals surface area contributed by atoms with E-state index in [-0.39, 0.29) is 35.8 Å². The minimum absolute atomic E-state index is 0.0289. The molecule has 0 bridgehead atoms. The summed E-state index contributed by atoms with van der Waals surface area (Å²) in [4.78, 5) is 37.1. The first-order valence-electron chi connectivity index (χ1n) is 10.0. The van der Waals surface area contributed by atoms with Crippen LogP contribution < -0.4 is 0 Å². The van der Waals surface area contributed by atoms with E-state index in [9.17, 15) is 19.7 Å². The van der Waals surface area contributed by atoms with E-state index in [1.165, 1.54) is 6.07 Å². The van der Waals surface area contributed by atoms with Gasteiger partial charge in [-0.1, -0.05) is 19.4 Å². The van der Waals surface area contributed by atoms with Crippen molar-refractivity contribution in [1.82, 2.24) is 4.90 Å². The normalized spacial score (nSPS) is 19.6. The zero-order chi connectivity index (χ0) is 21.8. The third-order valence-electron chi connectivity index (χ3n) is 5.05. The van der Waals surface area contributed by atoms with Crippen molar-refractivity contribution in [3.63, 3.8) is 0 Å². The fraction of sp³-hybridized carbons (Fsp3) is 0.619. The lowest BCUT2D eigenvalue weighted by Gasteiger charge is -2.39. The van der Waals surface area contributed by atoms with Crippen molar-refractivity contribution in [2.45, 2.75) is 59.0 Å². The van der Waals surface area contributed by atoms with E-state index in [0.29, 0.717) is 19.5 Å². The average molecular weight is 406 g/mol. The fourth-order valence-corrected chi connectivity index (χ4v) is 3.69. The molecule has 29 heavy (non-hydrogen) atoms. The third-order valence-corrected chi connectivity index (χ3v) is 5.05. The van der Waals surface area contributed by atoms with Crippen LogP contribution >= 0.6 is 0 Å². The molecule has 2 rings (SSSR count). The molecule has 2 atom stereocenters. The highest BCUT2D eigenvalue weighted by Crippen LogP contribution is 2.37. The Balaban J connectivity index is 2.26. The maximum absolute atomic E-state index is 12.4. The minimum Gasteiger partial charge on any atom is -0.462 e. The van der Waals surface area contributed by atoms with Crippen molar-refractivity contribution in [2.75, 3.05) is 19.7 Å². The van der Waals surface area contributed by atoms with E-state index in [2.05, 4.69) is 0 Å². The number of benzene rings is 1. The predicted molar refractivity (Wildman–Crippen MR) is 108 cm³/mol. The van der Waals surface area contributed by atoms with E-state index in [1.54, 1.807) is 24.0 Å². The molecule has 160 valence electrons. The van der Waals surface area contributed by atoms with Crippen LogP contribution in [0.25, 0.3) is 0 Å². The van der Waals surface area contributed by atoms with Gasteiger partial charge < -0.3 is 14.4 Å². The van der Waals surface area contributed by atoms with Crippen LogP contribution in [0.5, 0.6) is 0 Å². The molecule has 1 aliphatic heterocycles. The third kappa shape index (κ3) is 5.68. The number of hydrogen-bond acceptors (Lipinski definition) is 6. The standard InChI is InChI=1S/C21H30N2O6/c1-6-14-13-22(20(25)29-21(3,4)5)11-10-16(14)15-8-9-18(23(26)27)17(12-15)19(24)28-7-2/h8-9,12,14,16H,6-7,10-11,13H2,1-5H3/t14-,16?/m0/s1. The van der Waals surface area contributed by atoms with Crippen LogP contribution in [0.4, 0.5) is 10.5 Å². The smallest absolute Gasteiger partial charge is 0.410 e. The number of ether oxygens (including phenoxy) is 2. The van der Waals surface area contributed by atoms with Crippen molar-refractivity contribution < 1.29 is 24.0 Å². The summed E-state index contributed by atoms with van der Waals surface area (Å²) in [6, 6.07) is 4.65. The number of nitro groups is 1. The van der Waals surface area contributed by atoms with Gasteiger partial charge in [0.05, 0.1) is 11.5 Å². The summed E-state index contributed by atoms with van der Waals surface area (Å²) in [6.07, 6.45) is 1.19. The summed E-state index contributed by atoms with van der Waals surface area (Å²) in [5.74, 6) is -0.444. The van der Waals surface area contributed by atoms with E-state index in [1.807, 2.05) is 27.7 Å². The van der Waals surface area contributed by atoms with Gasteiger partial charge in [0.2, 0.25) is 0 Å². The van der Waals surface area contributed by atoms with E-state index in [4.69, 9.17) is 9.47 Å². The van der Waals surface area contributed by atoms with Gasteiger partial charge in [-0.2, -0.15) is 0 Å². The quantitative estimate of drug-likeness (QED) is 0.405. The Morgan fingerprint density at radius 3 is 2.52 bits per heavy atom. The molecule has 0 aliphatic carbocycles. The number of esters is 1. The van der Waals surface area contributed by atoms with Crippen molar-refractivity contribution in [2.24, 2.45) is 5.92 Å². The summed E-state index contributed by atoms with van der Waals surface area (Å²) in [5.41, 5.74) is 0.0160. The first-order valence-corrected chi connectivity index (χ1v) is 10.0. The fourth-order valence-electron chi connectivity index (χ4n) is 3.69. The molecule has 1 unspecified atom stereocenters. The molecule has 1 heterocycles. The van der Waals surface area contributed by atoms with Crippen LogP contribution in [0.1, 0.15) is 69.3 Å². The minimum atomic E-state index is -0.694. The second-order valence-corrected chi connectivity index (χ2v) is 8.24. The lowest BCUT2D eigenvalue weighted by molar-refractivity contribution is -0.385. The summed E-state index contributed by atoms with van der Waals surface area (Å²) in [6.45, 7) is 10.4. The summed E-state index contributed by atoms with van der Waals surface area (Å²) in [7, 11) is 0. The Labute approximate surface area is 171 Å². The Hall–Kier alpha value is -2.64. The molecule has 0 N–H and O–H groups in total. The van der Waals surface area contributed by atoms with Gasteiger partial charge in [-0.15, -0.1) is 0 Å². The van der Waals surface area contributed by atoms with Crippen molar-refractivity contribution >= 4 is 17.7 Å². The Morgan fingerprint density at radius 2 is 1.97 bits per heavy atom. The summed E-state index contributed by atoms with van der Waals surface area (Å²) >= 11 is 0. The van der Waals surface area contributed by atoms with Gasteiger partial charge in [-0.25, -0.2) is 9.59 Å². The maximum Gasteiger partial charge on any atom is 0.410 e. The molecule has 1 fully saturated rings. The first kappa shape index (κ1) is 22.6. The Morgan fingerprint density at radius 1 is 1.28 bits per heavy atom. The number of rotatable bonds is 5. The number of carbonyl (C=O) groups excluding carboxylic acids is 2. The number of carbonyl (C=O) groups is 2. The van der Waals surface area contributed by atoms with Crippen molar-refractivity contribution in [3.8, 4) is 0 Å². The monoisotopic (exact) mass is 406 g/mol. The number of piperidine rings is 1. The van der Waals surface area contributed by atoms with Gasteiger partial charge in [0.25, 0.3) is 5.69 Å². The van der Waals surface area contributed by atoms with E-state index >= 15 is 0 Å². The lowest BCUT2D eigenvalue weighted by Crippen LogP contribution is -2.45. The number of nitrogens with zero attached hydrogens (tertiary/aromatic N) is 2. The summed E-state index contributed by atoms with van der Waals surface area (Å²) in [5, 5.41) is 11.3. The first-order chi connectivity index (χ1) is 13.6. The van der Waals surface area contributed by atoms with E-state index in [0.717, 1.165) is 12.0 Å².